The zero-order chi connectivity index (χ0) is 14.5. The summed E-state index contributed by atoms with van der Waals surface area (Å²) >= 11 is 0. The van der Waals surface area contributed by atoms with E-state index in [1.54, 1.807) is 0 Å². The van der Waals surface area contributed by atoms with Gasteiger partial charge in [0.2, 0.25) is 0 Å². The number of aryl methyl sites for hydroxylation is 1. The first-order valence-corrected chi connectivity index (χ1v) is 7.67. The topological polar surface area (TPSA) is 24.5 Å². The van der Waals surface area contributed by atoms with E-state index in [4.69, 9.17) is 4.74 Å². The van der Waals surface area contributed by atoms with Crippen molar-refractivity contribution >= 4 is 0 Å². The van der Waals surface area contributed by atoms with Crippen molar-refractivity contribution in [2.24, 2.45) is 0 Å². The molecule has 0 aromatic heterocycles. The van der Waals surface area contributed by atoms with Gasteiger partial charge in [0.15, 0.2) is 0 Å². The lowest BCUT2D eigenvalue weighted by Crippen LogP contribution is -2.43. The van der Waals surface area contributed by atoms with Crippen LogP contribution in [0.4, 0.5) is 0 Å². The molecule has 1 N–H and O–H groups in total. The molecule has 1 aliphatic heterocycles. The predicted molar refractivity (Wildman–Crippen MR) is 84.0 cm³/mol. The fourth-order valence-corrected chi connectivity index (χ4v) is 2.99. The van der Waals surface area contributed by atoms with Crippen molar-refractivity contribution < 1.29 is 4.74 Å². The molecule has 1 heterocycles. The van der Waals surface area contributed by atoms with Crippen LogP contribution in [0.3, 0.4) is 0 Å². The van der Waals surface area contributed by atoms with Gasteiger partial charge in [-0.3, -0.25) is 4.90 Å². The Balaban J connectivity index is 1.99. The summed E-state index contributed by atoms with van der Waals surface area (Å²) in [5, 5.41) is 3.46. The van der Waals surface area contributed by atoms with E-state index in [1.165, 1.54) is 24.0 Å². The molecule has 0 spiro atoms. The molecular formula is C17H28N2O. The number of hydrogen-bond acceptors (Lipinski definition) is 3. The summed E-state index contributed by atoms with van der Waals surface area (Å²) in [5.74, 6) is 0. The zero-order valence-corrected chi connectivity index (χ0v) is 13.2. The number of likely N-dealkylation sites (N-methyl/N-ethyl adjacent to an activating group) is 2. The minimum Gasteiger partial charge on any atom is -0.377 e. The second kappa shape index (κ2) is 7.21. The highest BCUT2D eigenvalue weighted by Gasteiger charge is 2.25. The monoisotopic (exact) mass is 276 g/mol. The fraction of sp³-hybridized carbons (Fsp3) is 0.647. The summed E-state index contributed by atoms with van der Waals surface area (Å²) in [6.45, 7) is 6.37. The van der Waals surface area contributed by atoms with Gasteiger partial charge >= 0.3 is 0 Å². The highest BCUT2D eigenvalue weighted by atomic mass is 16.5. The molecule has 0 bridgehead atoms. The number of nitrogens with zero attached hydrogens (tertiary/aromatic N) is 1. The van der Waals surface area contributed by atoms with E-state index in [2.05, 4.69) is 55.4 Å². The first-order valence-electron chi connectivity index (χ1n) is 7.67. The Labute approximate surface area is 123 Å². The Morgan fingerprint density at radius 1 is 1.35 bits per heavy atom. The van der Waals surface area contributed by atoms with Crippen molar-refractivity contribution in [1.82, 2.24) is 10.2 Å². The third-order valence-corrected chi connectivity index (χ3v) is 4.44. The average Bonchev–Trinajstić information content (AvgIpc) is 2.94. The van der Waals surface area contributed by atoms with Crippen LogP contribution in [-0.4, -0.2) is 44.3 Å². The zero-order valence-electron chi connectivity index (χ0n) is 13.2. The van der Waals surface area contributed by atoms with Gasteiger partial charge in [0.05, 0.1) is 6.10 Å². The first kappa shape index (κ1) is 15.5. The minimum absolute atomic E-state index is 0.349. The highest BCUT2D eigenvalue weighted by molar-refractivity contribution is 5.25. The molecule has 0 radical (unpaired) electrons. The summed E-state index contributed by atoms with van der Waals surface area (Å²) in [4.78, 5) is 2.41. The Hall–Kier alpha value is -0.900. The number of nitrogens with one attached hydrogen (secondary N) is 1. The van der Waals surface area contributed by atoms with Gasteiger partial charge in [0.25, 0.3) is 0 Å². The third-order valence-electron chi connectivity index (χ3n) is 4.44. The molecule has 112 valence electrons. The smallest absolute Gasteiger partial charge is 0.0702 e. The lowest BCUT2D eigenvalue weighted by molar-refractivity contribution is 0.0644. The van der Waals surface area contributed by atoms with Crippen molar-refractivity contribution in [2.45, 2.75) is 44.9 Å². The van der Waals surface area contributed by atoms with Gasteiger partial charge in [0.1, 0.15) is 0 Å². The maximum Gasteiger partial charge on any atom is 0.0702 e. The summed E-state index contributed by atoms with van der Waals surface area (Å²) in [5.41, 5.74) is 2.66. The number of hydrogen-bond donors (Lipinski definition) is 1. The van der Waals surface area contributed by atoms with Crippen molar-refractivity contribution in [1.29, 1.82) is 0 Å². The molecule has 3 heteroatoms. The van der Waals surface area contributed by atoms with Crippen LogP contribution in [0.2, 0.25) is 0 Å². The summed E-state index contributed by atoms with van der Waals surface area (Å²) in [7, 11) is 4.24. The molecule has 1 aromatic rings. The van der Waals surface area contributed by atoms with E-state index in [0.29, 0.717) is 18.2 Å². The second-order valence-electron chi connectivity index (χ2n) is 5.99. The van der Waals surface area contributed by atoms with Crippen LogP contribution in [0.15, 0.2) is 24.3 Å². The number of rotatable bonds is 6. The van der Waals surface area contributed by atoms with Crippen LogP contribution in [0.5, 0.6) is 0 Å². The lowest BCUT2D eigenvalue weighted by Gasteiger charge is -2.33. The molecule has 1 aliphatic rings. The van der Waals surface area contributed by atoms with E-state index >= 15 is 0 Å². The number of benzene rings is 1. The SMILES string of the molecule is CNC(c1ccc(C)cc1)C(C)N(C)CC1CCCO1. The maximum absolute atomic E-state index is 5.75. The highest BCUT2D eigenvalue weighted by Crippen LogP contribution is 2.22. The molecule has 20 heavy (non-hydrogen) atoms. The van der Waals surface area contributed by atoms with E-state index in [-0.39, 0.29) is 0 Å². The van der Waals surface area contributed by atoms with Crippen molar-refractivity contribution in [3.63, 3.8) is 0 Å². The fourth-order valence-electron chi connectivity index (χ4n) is 2.99. The van der Waals surface area contributed by atoms with Crippen molar-refractivity contribution in [2.75, 3.05) is 27.2 Å². The Morgan fingerprint density at radius 2 is 2.05 bits per heavy atom. The Bertz CT molecular complexity index is 398. The molecule has 0 aliphatic carbocycles. The van der Waals surface area contributed by atoms with Gasteiger partial charge in [-0.15, -0.1) is 0 Å². The maximum atomic E-state index is 5.75. The molecule has 3 unspecified atom stereocenters. The summed E-state index contributed by atoms with van der Waals surface area (Å²) in [6.07, 6.45) is 2.82. The van der Waals surface area contributed by atoms with Crippen LogP contribution < -0.4 is 5.32 Å². The molecule has 0 amide bonds. The largest absolute Gasteiger partial charge is 0.377 e. The molecule has 3 nitrogen and oxygen atoms in total. The lowest BCUT2D eigenvalue weighted by atomic mass is 9.98. The van der Waals surface area contributed by atoms with Crippen LogP contribution >= 0.6 is 0 Å². The summed E-state index contributed by atoms with van der Waals surface area (Å²) in [6, 6.07) is 9.62. The van der Waals surface area contributed by atoms with Gasteiger partial charge in [-0.1, -0.05) is 29.8 Å². The third kappa shape index (κ3) is 3.81. The molecular weight excluding hydrogens is 248 g/mol. The standard InChI is InChI=1S/C17H28N2O/c1-13-7-9-15(10-8-13)17(18-3)14(2)19(4)12-16-6-5-11-20-16/h7-10,14,16-18H,5-6,11-12H2,1-4H3. The average molecular weight is 276 g/mol. The van der Waals surface area contributed by atoms with E-state index < -0.39 is 0 Å². The van der Waals surface area contributed by atoms with Crippen LogP contribution in [0, 0.1) is 6.92 Å². The Kier molecular flexibility index (Phi) is 5.58. The molecule has 1 saturated heterocycles. The second-order valence-corrected chi connectivity index (χ2v) is 5.99. The molecule has 0 saturated carbocycles. The van der Waals surface area contributed by atoms with Crippen molar-refractivity contribution in [3.05, 3.63) is 35.4 Å². The van der Waals surface area contributed by atoms with Gasteiger partial charge in [-0.05, 0) is 46.3 Å². The molecule has 2 rings (SSSR count). The quantitative estimate of drug-likeness (QED) is 0.864. The van der Waals surface area contributed by atoms with Gasteiger partial charge < -0.3 is 10.1 Å². The molecule has 1 aromatic carbocycles. The van der Waals surface area contributed by atoms with E-state index in [0.717, 1.165) is 13.2 Å². The first-order chi connectivity index (χ1) is 9.61. The van der Waals surface area contributed by atoms with Crippen LogP contribution in [0.1, 0.15) is 36.9 Å². The van der Waals surface area contributed by atoms with Gasteiger partial charge in [-0.25, -0.2) is 0 Å². The van der Waals surface area contributed by atoms with Crippen molar-refractivity contribution in [3.8, 4) is 0 Å². The molecule has 1 fully saturated rings. The van der Waals surface area contributed by atoms with Crippen LogP contribution in [-0.2, 0) is 4.74 Å². The minimum atomic E-state index is 0.349. The predicted octanol–water partition coefficient (Wildman–Crippen LogP) is 2.75. The molecule has 3 atom stereocenters. The van der Waals surface area contributed by atoms with Crippen LogP contribution in [0.25, 0.3) is 0 Å². The summed E-state index contributed by atoms with van der Waals surface area (Å²) < 4.78 is 5.75. The van der Waals surface area contributed by atoms with Gasteiger partial charge in [-0.2, -0.15) is 0 Å². The van der Waals surface area contributed by atoms with E-state index in [9.17, 15) is 0 Å². The number of ether oxygens (including phenoxy) is 1. The Morgan fingerprint density at radius 3 is 2.60 bits per heavy atom. The normalized spacial score (nSPS) is 22.1. The van der Waals surface area contributed by atoms with E-state index in [1.807, 2.05) is 7.05 Å². The van der Waals surface area contributed by atoms with Gasteiger partial charge in [0, 0.05) is 25.2 Å².